The van der Waals surface area contributed by atoms with E-state index in [2.05, 4.69) is 10.0 Å². The molecule has 1 amide bonds. The van der Waals surface area contributed by atoms with E-state index in [0.29, 0.717) is 22.8 Å². The minimum atomic E-state index is -3.78. The summed E-state index contributed by atoms with van der Waals surface area (Å²) in [5.74, 6) is -0.292. The van der Waals surface area contributed by atoms with Gasteiger partial charge in [0.1, 0.15) is 0 Å². The van der Waals surface area contributed by atoms with Gasteiger partial charge in [0.25, 0.3) is 15.9 Å². The van der Waals surface area contributed by atoms with Crippen LogP contribution in [0.2, 0.25) is 5.02 Å². The van der Waals surface area contributed by atoms with Gasteiger partial charge in [-0.25, -0.2) is 8.42 Å². The second-order valence-corrected chi connectivity index (χ2v) is 9.00. The Morgan fingerprint density at radius 3 is 2.27 bits per heavy atom. The van der Waals surface area contributed by atoms with Crippen LogP contribution in [0.4, 0.5) is 11.4 Å². The van der Waals surface area contributed by atoms with Crippen LogP contribution in [0.1, 0.15) is 15.9 Å². The SMILES string of the molecule is CN(C)c1ccc(CNC(=O)c2cccc(NS(=O)(=O)c3ccc(Cl)cc3)c2)cc1. The van der Waals surface area contributed by atoms with Crippen LogP contribution in [0.3, 0.4) is 0 Å². The van der Waals surface area contributed by atoms with Gasteiger partial charge in [-0.15, -0.1) is 0 Å². The molecule has 0 fully saturated rings. The van der Waals surface area contributed by atoms with Crippen molar-refractivity contribution in [2.24, 2.45) is 0 Å². The van der Waals surface area contributed by atoms with Crippen molar-refractivity contribution < 1.29 is 13.2 Å². The smallest absolute Gasteiger partial charge is 0.261 e. The van der Waals surface area contributed by atoms with E-state index < -0.39 is 10.0 Å². The summed E-state index contributed by atoms with van der Waals surface area (Å²) in [5, 5.41) is 3.30. The van der Waals surface area contributed by atoms with Crippen LogP contribution >= 0.6 is 11.6 Å². The number of anilines is 2. The summed E-state index contributed by atoms with van der Waals surface area (Å²) in [5.41, 5.74) is 2.70. The highest BCUT2D eigenvalue weighted by Gasteiger charge is 2.15. The van der Waals surface area contributed by atoms with E-state index in [-0.39, 0.29) is 10.8 Å². The Balaban J connectivity index is 1.67. The molecule has 0 aliphatic rings. The molecule has 156 valence electrons. The van der Waals surface area contributed by atoms with Gasteiger partial charge in [-0.1, -0.05) is 29.8 Å². The zero-order chi connectivity index (χ0) is 21.7. The Labute approximate surface area is 181 Å². The number of hydrogen-bond acceptors (Lipinski definition) is 4. The van der Waals surface area contributed by atoms with Gasteiger partial charge in [-0.2, -0.15) is 0 Å². The summed E-state index contributed by atoms with van der Waals surface area (Å²) in [6.45, 7) is 0.368. The number of amides is 1. The van der Waals surface area contributed by atoms with E-state index in [0.717, 1.165) is 11.3 Å². The fourth-order valence-corrected chi connectivity index (χ4v) is 3.92. The van der Waals surface area contributed by atoms with Gasteiger partial charge in [0.2, 0.25) is 0 Å². The van der Waals surface area contributed by atoms with Crippen molar-refractivity contribution >= 4 is 38.9 Å². The van der Waals surface area contributed by atoms with Gasteiger partial charge >= 0.3 is 0 Å². The summed E-state index contributed by atoms with van der Waals surface area (Å²) < 4.78 is 27.5. The summed E-state index contributed by atoms with van der Waals surface area (Å²) >= 11 is 5.81. The lowest BCUT2D eigenvalue weighted by molar-refractivity contribution is 0.0951. The average molecular weight is 444 g/mol. The largest absolute Gasteiger partial charge is 0.378 e. The number of rotatable bonds is 7. The van der Waals surface area contributed by atoms with Crippen molar-refractivity contribution in [2.45, 2.75) is 11.4 Å². The Kier molecular flexibility index (Phi) is 6.64. The topological polar surface area (TPSA) is 78.5 Å². The van der Waals surface area contributed by atoms with Crippen molar-refractivity contribution in [1.82, 2.24) is 5.32 Å². The Morgan fingerprint density at radius 2 is 1.63 bits per heavy atom. The van der Waals surface area contributed by atoms with Crippen LogP contribution in [0.15, 0.2) is 77.7 Å². The number of nitrogens with zero attached hydrogens (tertiary/aromatic N) is 1. The number of sulfonamides is 1. The molecule has 6 nitrogen and oxygen atoms in total. The molecular weight excluding hydrogens is 422 g/mol. The Hall–Kier alpha value is -3.03. The Bertz CT molecular complexity index is 1130. The van der Waals surface area contributed by atoms with Crippen LogP contribution in [0.5, 0.6) is 0 Å². The number of nitrogens with one attached hydrogen (secondary N) is 2. The van der Waals surface area contributed by atoms with E-state index in [1.807, 2.05) is 43.3 Å². The molecule has 0 aliphatic carbocycles. The summed E-state index contributed by atoms with van der Waals surface area (Å²) in [4.78, 5) is 14.6. The second-order valence-electron chi connectivity index (χ2n) is 6.88. The lowest BCUT2D eigenvalue weighted by Crippen LogP contribution is -2.23. The number of benzene rings is 3. The predicted octanol–water partition coefficient (Wildman–Crippen LogP) is 4.14. The molecule has 3 aromatic rings. The van der Waals surface area contributed by atoms with Gasteiger partial charge < -0.3 is 10.2 Å². The lowest BCUT2D eigenvalue weighted by atomic mass is 10.1. The minimum absolute atomic E-state index is 0.0860. The van der Waals surface area contributed by atoms with Crippen molar-refractivity contribution in [3.8, 4) is 0 Å². The standard InChI is InChI=1S/C22H22ClN3O3S/c1-26(2)20-10-6-16(7-11-20)15-24-22(27)17-4-3-5-19(14-17)25-30(28,29)21-12-8-18(23)9-13-21/h3-14,25H,15H2,1-2H3,(H,24,27). The third kappa shape index (κ3) is 5.52. The maximum absolute atomic E-state index is 12.5. The third-order valence-corrected chi connectivity index (χ3v) is 6.06. The first kappa shape index (κ1) is 21.7. The number of halogens is 1. The fourth-order valence-electron chi connectivity index (χ4n) is 2.75. The average Bonchev–Trinajstić information content (AvgIpc) is 2.72. The number of carbonyl (C=O) groups is 1. The third-order valence-electron chi connectivity index (χ3n) is 4.41. The highest BCUT2D eigenvalue weighted by Crippen LogP contribution is 2.19. The normalized spacial score (nSPS) is 11.0. The van der Waals surface area contributed by atoms with Crippen LogP contribution in [-0.4, -0.2) is 28.4 Å². The first-order valence-corrected chi connectivity index (χ1v) is 11.0. The first-order chi connectivity index (χ1) is 14.2. The molecule has 30 heavy (non-hydrogen) atoms. The minimum Gasteiger partial charge on any atom is -0.378 e. The lowest BCUT2D eigenvalue weighted by Gasteiger charge is -2.13. The molecule has 0 heterocycles. The maximum Gasteiger partial charge on any atom is 0.261 e. The molecule has 8 heteroatoms. The monoisotopic (exact) mass is 443 g/mol. The number of hydrogen-bond donors (Lipinski definition) is 2. The van der Waals surface area contributed by atoms with E-state index in [9.17, 15) is 13.2 Å². The van der Waals surface area contributed by atoms with Crippen LogP contribution < -0.4 is 14.9 Å². The summed E-state index contributed by atoms with van der Waals surface area (Å²) in [6.07, 6.45) is 0. The molecule has 2 N–H and O–H groups in total. The molecule has 0 aromatic heterocycles. The van der Waals surface area contributed by atoms with Crippen LogP contribution in [0, 0.1) is 0 Å². The van der Waals surface area contributed by atoms with Gasteiger partial charge in [0.05, 0.1) is 4.90 Å². The van der Waals surface area contributed by atoms with Gasteiger partial charge in [-0.3, -0.25) is 9.52 Å². The predicted molar refractivity (Wildman–Crippen MR) is 121 cm³/mol. The zero-order valence-corrected chi connectivity index (χ0v) is 18.2. The molecule has 0 spiro atoms. The Morgan fingerprint density at radius 1 is 0.967 bits per heavy atom. The van der Waals surface area contributed by atoms with E-state index in [1.165, 1.54) is 30.3 Å². The van der Waals surface area contributed by atoms with Crippen LogP contribution in [0.25, 0.3) is 0 Å². The van der Waals surface area contributed by atoms with E-state index >= 15 is 0 Å². The number of carbonyl (C=O) groups excluding carboxylic acids is 1. The first-order valence-electron chi connectivity index (χ1n) is 9.17. The summed E-state index contributed by atoms with van der Waals surface area (Å²) in [6, 6.07) is 20.1. The van der Waals surface area contributed by atoms with Crippen molar-refractivity contribution in [3.63, 3.8) is 0 Å². The zero-order valence-electron chi connectivity index (χ0n) is 16.6. The molecule has 0 bridgehead atoms. The molecule has 0 saturated carbocycles. The van der Waals surface area contributed by atoms with E-state index in [4.69, 9.17) is 11.6 Å². The fraction of sp³-hybridized carbons (Fsp3) is 0.136. The highest BCUT2D eigenvalue weighted by atomic mass is 35.5. The second kappa shape index (κ2) is 9.19. The molecule has 0 unspecified atom stereocenters. The van der Waals surface area contributed by atoms with Crippen molar-refractivity contribution in [1.29, 1.82) is 0 Å². The molecule has 0 atom stereocenters. The molecule has 3 rings (SSSR count). The highest BCUT2D eigenvalue weighted by molar-refractivity contribution is 7.92. The molecule has 0 saturated heterocycles. The van der Waals surface area contributed by atoms with Gasteiger partial charge in [0, 0.05) is 42.6 Å². The van der Waals surface area contributed by atoms with Crippen LogP contribution in [-0.2, 0) is 16.6 Å². The maximum atomic E-state index is 12.5. The summed E-state index contributed by atoms with van der Waals surface area (Å²) in [7, 11) is 0.143. The van der Waals surface area contributed by atoms with Crippen molar-refractivity contribution in [2.75, 3.05) is 23.7 Å². The van der Waals surface area contributed by atoms with Gasteiger partial charge in [0.15, 0.2) is 0 Å². The molecular formula is C22H22ClN3O3S. The van der Waals surface area contributed by atoms with Crippen molar-refractivity contribution in [3.05, 3.63) is 88.9 Å². The van der Waals surface area contributed by atoms with Gasteiger partial charge in [-0.05, 0) is 60.2 Å². The molecule has 3 aromatic carbocycles. The molecule has 0 aliphatic heterocycles. The van der Waals surface area contributed by atoms with E-state index in [1.54, 1.807) is 18.2 Å². The molecule has 0 radical (unpaired) electrons. The quantitative estimate of drug-likeness (QED) is 0.575.